The Hall–Kier alpha value is 0.190. The van der Waals surface area contributed by atoms with Gasteiger partial charge in [0.1, 0.15) is 0 Å². The van der Waals surface area contributed by atoms with Crippen LogP contribution in [0.25, 0.3) is 0 Å². The van der Waals surface area contributed by atoms with Gasteiger partial charge in [0.05, 0.1) is 4.47 Å². The molecule has 0 saturated carbocycles. The van der Waals surface area contributed by atoms with Crippen molar-refractivity contribution in [2.24, 2.45) is 0 Å². The van der Waals surface area contributed by atoms with Crippen LogP contribution < -0.4 is 4.74 Å². The maximum absolute atomic E-state index is 11.9. The number of halogens is 4. The van der Waals surface area contributed by atoms with E-state index in [4.69, 9.17) is 0 Å². The minimum Gasteiger partial charge on any atom is -0.432 e. The van der Waals surface area contributed by atoms with E-state index in [1.165, 1.54) is 0 Å². The molecule has 1 aromatic rings. The van der Waals surface area contributed by atoms with E-state index >= 15 is 0 Å². The lowest BCUT2D eigenvalue weighted by Crippen LogP contribution is -2.03. The molecule has 13 heavy (non-hydrogen) atoms. The van der Waals surface area contributed by atoms with Crippen molar-refractivity contribution in [2.45, 2.75) is 11.5 Å². The lowest BCUT2D eigenvalue weighted by Gasteiger charge is -2.10. The van der Waals surface area contributed by atoms with E-state index in [1.54, 1.807) is 12.1 Å². The fourth-order valence-electron chi connectivity index (χ4n) is 0.723. The molecular formula is C7H4Br2F2OS. The molecule has 0 radical (unpaired) electrons. The van der Waals surface area contributed by atoms with Crippen LogP contribution in [0, 0.1) is 0 Å². The molecule has 72 valence electrons. The second kappa shape index (κ2) is 4.61. The summed E-state index contributed by atoms with van der Waals surface area (Å²) in [6.07, 6.45) is 0. The Kier molecular flexibility index (Phi) is 4.00. The van der Waals surface area contributed by atoms with Gasteiger partial charge in [-0.05, 0) is 44.0 Å². The monoisotopic (exact) mass is 332 g/mol. The highest BCUT2D eigenvalue weighted by molar-refractivity contribution is 9.13. The SMILES string of the molecule is FC(F)Oc1c(S)ccc(Br)c1Br. The smallest absolute Gasteiger partial charge is 0.387 e. The fourth-order valence-corrected chi connectivity index (χ4v) is 1.87. The van der Waals surface area contributed by atoms with Gasteiger partial charge < -0.3 is 4.74 Å². The molecule has 1 aromatic carbocycles. The third-order valence-corrected chi connectivity index (χ3v) is 3.57. The van der Waals surface area contributed by atoms with E-state index in [9.17, 15) is 8.78 Å². The van der Waals surface area contributed by atoms with Gasteiger partial charge in [-0.25, -0.2) is 0 Å². The van der Waals surface area contributed by atoms with Crippen LogP contribution in [0.5, 0.6) is 5.75 Å². The largest absolute Gasteiger partial charge is 0.432 e. The van der Waals surface area contributed by atoms with Crippen LogP contribution in [-0.4, -0.2) is 6.61 Å². The highest BCUT2D eigenvalue weighted by Gasteiger charge is 2.13. The van der Waals surface area contributed by atoms with E-state index in [0.717, 1.165) is 0 Å². The second-order valence-corrected chi connectivity index (χ2v) is 4.22. The summed E-state index contributed by atoms with van der Waals surface area (Å²) in [7, 11) is 0. The lowest BCUT2D eigenvalue weighted by atomic mass is 10.3. The van der Waals surface area contributed by atoms with E-state index in [0.29, 0.717) is 13.8 Å². The quantitative estimate of drug-likeness (QED) is 0.802. The van der Waals surface area contributed by atoms with Crippen LogP contribution >= 0.6 is 44.5 Å². The van der Waals surface area contributed by atoms with Gasteiger partial charge in [0.15, 0.2) is 5.75 Å². The minimum atomic E-state index is -2.85. The van der Waals surface area contributed by atoms with Crippen molar-refractivity contribution >= 4 is 44.5 Å². The standard InChI is InChI=1S/C7H4Br2F2OS/c8-3-1-2-4(13)6(5(3)9)12-7(10)11/h1-2,7,13H. The van der Waals surface area contributed by atoms with Crippen LogP contribution in [0.2, 0.25) is 0 Å². The van der Waals surface area contributed by atoms with Gasteiger partial charge in [0, 0.05) is 9.37 Å². The van der Waals surface area contributed by atoms with Crippen molar-refractivity contribution in [3.63, 3.8) is 0 Å². The number of hydrogen-bond acceptors (Lipinski definition) is 2. The number of rotatable bonds is 2. The molecule has 6 heteroatoms. The van der Waals surface area contributed by atoms with E-state index < -0.39 is 6.61 Å². The van der Waals surface area contributed by atoms with Gasteiger partial charge in [0.25, 0.3) is 0 Å². The topological polar surface area (TPSA) is 9.23 Å². The summed E-state index contributed by atoms with van der Waals surface area (Å²) in [4.78, 5) is 0.357. The maximum Gasteiger partial charge on any atom is 0.387 e. The van der Waals surface area contributed by atoms with Gasteiger partial charge >= 0.3 is 6.61 Å². The predicted octanol–water partition coefficient (Wildman–Crippen LogP) is 4.10. The Morgan fingerprint density at radius 1 is 1.31 bits per heavy atom. The van der Waals surface area contributed by atoms with Crippen molar-refractivity contribution in [3.8, 4) is 5.75 Å². The summed E-state index contributed by atoms with van der Waals surface area (Å²) in [5.41, 5.74) is 0. The van der Waals surface area contributed by atoms with Crippen LogP contribution in [0.15, 0.2) is 26.0 Å². The lowest BCUT2D eigenvalue weighted by molar-refractivity contribution is -0.0522. The molecule has 0 aromatic heterocycles. The summed E-state index contributed by atoms with van der Waals surface area (Å²) in [5, 5.41) is 0. The molecule has 0 aliphatic carbocycles. The molecule has 0 heterocycles. The normalized spacial score (nSPS) is 10.6. The first-order valence-electron chi connectivity index (χ1n) is 3.14. The molecule has 0 fully saturated rings. The van der Waals surface area contributed by atoms with Crippen LogP contribution in [0.1, 0.15) is 0 Å². The third kappa shape index (κ3) is 2.82. The average molecular weight is 334 g/mol. The molecule has 0 atom stereocenters. The van der Waals surface area contributed by atoms with Gasteiger partial charge in [-0.15, -0.1) is 12.6 Å². The molecule has 0 aliphatic rings. The third-order valence-electron chi connectivity index (χ3n) is 1.24. The van der Waals surface area contributed by atoms with Gasteiger partial charge in [0.2, 0.25) is 0 Å². The highest BCUT2D eigenvalue weighted by Crippen LogP contribution is 2.38. The molecule has 0 bridgehead atoms. The molecule has 1 nitrogen and oxygen atoms in total. The predicted molar refractivity (Wildman–Crippen MR) is 55.7 cm³/mol. The Labute approximate surface area is 96.1 Å². The van der Waals surface area contributed by atoms with Gasteiger partial charge in [-0.1, -0.05) is 0 Å². The highest BCUT2D eigenvalue weighted by atomic mass is 79.9. The Bertz CT molecular complexity index is 320. The number of benzene rings is 1. The Morgan fingerprint density at radius 3 is 2.46 bits per heavy atom. The first kappa shape index (κ1) is 11.3. The number of thiol groups is 1. The molecular weight excluding hydrogens is 330 g/mol. The van der Waals surface area contributed by atoms with Crippen LogP contribution in [-0.2, 0) is 0 Å². The zero-order valence-electron chi connectivity index (χ0n) is 6.10. The number of ether oxygens (including phenoxy) is 1. The van der Waals surface area contributed by atoms with Crippen LogP contribution in [0.4, 0.5) is 8.78 Å². The molecule has 0 aliphatic heterocycles. The Balaban J connectivity index is 3.10. The molecule has 0 unspecified atom stereocenters. The molecule has 0 spiro atoms. The second-order valence-electron chi connectivity index (χ2n) is 2.09. The van der Waals surface area contributed by atoms with Crippen LogP contribution in [0.3, 0.4) is 0 Å². The van der Waals surface area contributed by atoms with Crippen molar-refractivity contribution < 1.29 is 13.5 Å². The first-order valence-corrected chi connectivity index (χ1v) is 5.17. The first-order chi connectivity index (χ1) is 6.02. The fraction of sp³-hybridized carbons (Fsp3) is 0.143. The number of alkyl halides is 2. The summed E-state index contributed by atoms with van der Waals surface area (Å²) in [5.74, 6) is 0.0349. The Morgan fingerprint density at radius 2 is 1.92 bits per heavy atom. The minimum absolute atomic E-state index is 0.0349. The van der Waals surface area contributed by atoms with Crippen molar-refractivity contribution in [2.75, 3.05) is 0 Å². The van der Waals surface area contributed by atoms with E-state index in [2.05, 4.69) is 49.2 Å². The molecule has 0 saturated heterocycles. The van der Waals surface area contributed by atoms with E-state index in [-0.39, 0.29) is 5.75 Å². The zero-order chi connectivity index (χ0) is 10.0. The molecule has 0 amide bonds. The van der Waals surface area contributed by atoms with Crippen molar-refractivity contribution in [1.29, 1.82) is 0 Å². The summed E-state index contributed by atoms with van der Waals surface area (Å²) < 4.78 is 29.2. The molecule has 1 rings (SSSR count). The zero-order valence-corrected chi connectivity index (χ0v) is 10.2. The number of hydrogen-bond donors (Lipinski definition) is 1. The van der Waals surface area contributed by atoms with Gasteiger partial charge in [-0.2, -0.15) is 8.78 Å². The molecule has 0 N–H and O–H groups in total. The summed E-state index contributed by atoms with van der Waals surface area (Å²) in [6, 6.07) is 3.25. The summed E-state index contributed by atoms with van der Waals surface area (Å²) >= 11 is 10.3. The van der Waals surface area contributed by atoms with Crippen molar-refractivity contribution in [1.82, 2.24) is 0 Å². The average Bonchev–Trinajstić information content (AvgIpc) is 2.05. The van der Waals surface area contributed by atoms with E-state index in [1.807, 2.05) is 0 Å². The van der Waals surface area contributed by atoms with Crippen molar-refractivity contribution in [3.05, 3.63) is 21.1 Å². The van der Waals surface area contributed by atoms with Gasteiger partial charge in [-0.3, -0.25) is 0 Å². The maximum atomic E-state index is 11.9. The summed E-state index contributed by atoms with van der Waals surface area (Å²) in [6.45, 7) is -2.85.